The summed E-state index contributed by atoms with van der Waals surface area (Å²) in [6.07, 6.45) is 4.92. The molecule has 0 unspecified atom stereocenters. The van der Waals surface area contributed by atoms with Gasteiger partial charge >= 0.3 is 0 Å². The fraction of sp³-hybridized carbons (Fsp3) is 1.00. The van der Waals surface area contributed by atoms with E-state index in [1.54, 1.807) is 0 Å². The Morgan fingerprint density at radius 1 is 0.917 bits per heavy atom. The summed E-state index contributed by atoms with van der Waals surface area (Å²) in [6.45, 7) is 9.03. The van der Waals surface area contributed by atoms with Crippen molar-refractivity contribution in [3.05, 3.63) is 0 Å². The molecule has 1 heterocycles. The molecule has 12 heavy (non-hydrogen) atoms. The quantitative estimate of drug-likeness (QED) is 0.618. The molecule has 0 aliphatic carbocycles. The Balaban J connectivity index is 2.40. The molecule has 0 bridgehead atoms. The van der Waals surface area contributed by atoms with Crippen molar-refractivity contribution in [1.29, 1.82) is 0 Å². The number of hydrogen-bond donors (Lipinski definition) is 0. The molecule has 0 radical (unpaired) electrons. The lowest BCUT2D eigenvalue weighted by molar-refractivity contribution is -0.0892. The van der Waals surface area contributed by atoms with E-state index in [4.69, 9.17) is 4.74 Å². The zero-order valence-electron chi connectivity index (χ0n) is 8.84. The molecule has 1 aliphatic heterocycles. The minimum atomic E-state index is 0.520. The van der Waals surface area contributed by atoms with Gasteiger partial charge in [-0.2, -0.15) is 0 Å². The first-order valence-corrected chi connectivity index (χ1v) is 5.26. The van der Waals surface area contributed by atoms with Crippen molar-refractivity contribution in [1.82, 2.24) is 0 Å². The fourth-order valence-corrected chi connectivity index (χ4v) is 1.86. The second-order valence-electron chi connectivity index (χ2n) is 4.63. The predicted octanol–water partition coefficient (Wildman–Crippen LogP) is 3.24. The normalized spacial score (nSPS) is 31.5. The molecule has 0 spiro atoms. The van der Waals surface area contributed by atoms with Crippen LogP contribution in [-0.4, -0.2) is 12.2 Å². The zero-order chi connectivity index (χ0) is 9.14. The number of rotatable bonds is 2. The lowest BCUT2D eigenvalue weighted by Gasteiger charge is -2.34. The largest absolute Gasteiger partial charge is 0.374 e. The van der Waals surface area contributed by atoms with E-state index in [9.17, 15) is 0 Å². The molecule has 72 valence electrons. The molecule has 1 nitrogen and oxygen atoms in total. The molecular weight excluding hydrogens is 148 g/mol. The van der Waals surface area contributed by atoms with Gasteiger partial charge in [-0.3, -0.25) is 0 Å². The van der Waals surface area contributed by atoms with Gasteiger partial charge in [-0.1, -0.05) is 27.7 Å². The van der Waals surface area contributed by atoms with Crippen LogP contribution in [0.1, 0.15) is 47.0 Å². The lowest BCUT2D eigenvalue weighted by atomic mass is 9.92. The fourth-order valence-electron chi connectivity index (χ4n) is 1.86. The molecule has 1 rings (SSSR count). The Kier molecular flexibility index (Phi) is 3.57. The van der Waals surface area contributed by atoms with Gasteiger partial charge in [0.15, 0.2) is 0 Å². The molecule has 2 atom stereocenters. The predicted molar refractivity (Wildman–Crippen MR) is 52.2 cm³/mol. The first kappa shape index (κ1) is 10.0. The van der Waals surface area contributed by atoms with E-state index in [0.717, 1.165) is 0 Å². The van der Waals surface area contributed by atoms with Crippen LogP contribution in [0.4, 0.5) is 0 Å². The second-order valence-corrected chi connectivity index (χ2v) is 4.63. The summed E-state index contributed by atoms with van der Waals surface area (Å²) in [6, 6.07) is 0. The van der Waals surface area contributed by atoms with Crippen molar-refractivity contribution in [3.63, 3.8) is 0 Å². The van der Waals surface area contributed by atoms with Gasteiger partial charge in [0.05, 0.1) is 12.2 Å². The SMILES string of the molecule is CC(C)[C@H]1CCC[C@H](C(C)C)O1. The molecule has 0 saturated carbocycles. The highest BCUT2D eigenvalue weighted by Gasteiger charge is 2.26. The van der Waals surface area contributed by atoms with Crippen molar-refractivity contribution >= 4 is 0 Å². The molecule has 1 aliphatic rings. The Morgan fingerprint density at radius 2 is 1.33 bits per heavy atom. The topological polar surface area (TPSA) is 9.23 Å². The smallest absolute Gasteiger partial charge is 0.0601 e. The van der Waals surface area contributed by atoms with Crippen molar-refractivity contribution in [2.75, 3.05) is 0 Å². The van der Waals surface area contributed by atoms with Gasteiger partial charge in [0.25, 0.3) is 0 Å². The molecule has 0 N–H and O–H groups in total. The van der Waals surface area contributed by atoms with E-state index in [0.29, 0.717) is 24.0 Å². The Hall–Kier alpha value is -0.0400. The Labute approximate surface area is 76.5 Å². The van der Waals surface area contributed by atoms with Gasteiger partial charge in [-0.25, -0.2) is 0 Å². The van der Waals surface area contributed by atoms with Crippen LogP contribution in [0.3, 0.4) is 0 Å². The van der Waals surface area contributed by atoms with Gasteiger partial charge in [-0.15, -0.1) is 0 Å². The first-order chi connectivity index (χ1) is 5.61. The standard InChI is InChI=1S/C11H22O/c1-8(2)10-6-5-7-11(12-10)9(3)4/h8-11H,5-7H2,1-4H3/t10-,11-/m1/s1. The van der Waals surface area contributed by atoms with Gasteiger partial charge in [0.1, 0.15) is 0 Å². The van der Waals surface area contributed by atoms with Crippen LogP contribution in [-0.2, 0) is 4.74 Å². The lowest BCUT2D eigenvalue weighted by Crippen LogP contribution is -2.34. The average molecular weight is 170 g/mol. The summed E-state index contributed by atoms with van der Waals surface area (Å²) in [7, 11) is 0. The van der Waals surface area contributed by atoms with E-state index in [-0.39, 0.29) is 0 Å². The van der Waals surface area contributed by atoms with Crippen LogP contribution < -0.4 is 0 Å². The maximum Gasteiger partial charge on any atom is 0.0601 e. The van der Waals surface area contributed by atoms with E-state index in [2.05, 4.69) is 27.7 Å². The molecule has 1 fully saturated rings. The van der Waals surface area contributed by atoms with Crippen molar-refractivity contribution in [2.45, 2.75) is 59.2 Å². The summed E-state index contributed by atoms with van der Waals surface area (Å²) in [5.74, 6) is 1.37. The molecule has 0 aromatic heterocycles. The van der Waals surface area contributed by atoms with Crippen molar-refractivity contribution in [3.8, 4) is 0 Å². The summed E-state index contributed by atoms with van der Waals surface area (Å²) in [5, 5.41) is 0. The monoisotopic (exact) mass is 170 g/mol. The van der Waals surface area contributed by atoms with Crippen LogP contribution in [0.5, 0.6) is 0 Å². The zero-order valence-corrected chi connectivity index (χ0v) is 8.84. The van der Waals surface area contributed by atoms with Crippen LogP contribution >= 0.6 is 0 Å². The molecule has 1 heteroatoms. The van der Waals surface area contributed by atoms with Gasteiger partial charge in [0, 0.05) is 0 Å². The number of hydrogen-bond acceptors (Lipinski definition) is 1. The average Bonchev–Trinajstić information content (AvgIpc) is 2.04. The third-order valence-electron chi connectivity index (χ3n) is 2.81. The summed E-state index contributed by atoms with van der Waals surface area (Å²) < 4.78 is 6.01. The van der Waals surface area contributed by atoms with Crippen molar-refractivity contribution < 1.29 is 4.74 Å². The van der Waals surface area contributed by atoms with E-state index in [1.807, 2.05) is 0 Å². The molecule has 1 saturated heterocycles. The summed E-state index contributed by atoms with van der Waals surface area (Å²) in [5.41, 5.74) is 0. The third kappa shape index (κ3) is 2.48. The summed E-state index contributed by atoms with van der Waals surface area (Å²) in [4.78, 5) is 0. The van der Waals surface area contributed by atoms with E-state index < -0.39 is 0 Å². The van der Waals surface area contributed by atoms with Gasteiger partial charge in [-0.05, 0) is 31.1 Å². The van der Waals surface area contributed by atoms with Crippen LogP contribution in [0.15, 0.2) is 0 Å². The van der Waals surface area contributed by atoms with Crippen LogP contribution in [0.25, 0.3) is 0 Å². The highest BCUT2D eigenvalue weighted by molar-refractivity contribution is 4.74. The van der Waals surface area contributed by atoms with Crippen LogP contribution in [0, 0.1) is 11.8 Å². The van der Waals surface area contributed by atoms with Crippen LogP contribution in [0.2, 0.25) is 0 Å². The minimum Gasteiger partial charge on any atom is -0.374 e. The number of ether oxygens (including phenoxy) is 1. The van der Waals surface area contributed by atoms with Gasteiger partial charge < -0.3 is 4.74 Å². The molecular formula is C11H22O. The maximum absolute atomic E-state index is 6.01. The van der Waals surface area contributed by atoms with Crippen molar-refractivity contribution in [2.24, 2.45) is 11.8 Å². The first-order valence-electron chi connectivity index (χ1n) is 5.26. The molecule has 0 amide bonds. The third-order valence-corrected chi connectivity index (χ3v) is 2.81. The molecule has 0 aromatic carbocycles. The highest BCUT2D eigenvalue weighted by Crippen LogP contribution is 2.27. The maximum atomic E-state index is 6.01. The van der Waals surface area contributed by atoms with Gasteiger partial charge in [0.2, 0.25) is 0 Å². The molecule has 0 aromatic rings. The second kappa shape index (κ2) is 4.27. The minimum absolute atomic E-state index is 0.520. The van der Waals surface area contributed by atoms with E-state index >= 15 is 0 Å². The summed E-state index contributed by atoms with van der Waals surface area (Å²) >= 11 is 0. The highest BCUT2D eigenvalue weighted by atomic mass is 16.5. The van der Waals surface area contributed by atoms with E-state index in [1.165, 1.54) is 19.3 Å². The Bertz CT molecular complexity index is 115. The Morgan fingerprint density at radius 3 is 1.67 bits per heavy atom.